The third-order valence-corrected chi connectivity index (χ3v) is 7.47. The van der Waals surface area contributed by atoms with E-state index < -0.39 is 11.7 Å². The van der Waals surface area contributed by atoms with E-state index in [1.165, 1.54) is 6.07 Å². The Morgan fingerprint density at radius 3 is 2.44 bits per heavy atom. The van der Waals surface area contributed by atoms with Crippen LogP contribution in [0.4, 0.5) is 18.9 Å². The maximum absolute atomic E-state index is 13.0. The van der Waals surface area contributed by atoms with Crippen molar-refractivity contribution >= 4 is 17.4 Å². The third kappa shape index (κ3) is 5.18. The smallest absolute Gasteiger partial charge is 0.368 e. The molecule has 2 aromatic rings. The van der Waals surface area contributed by atoms with Crippen LogP contribution in [0.25, 0.3) is 0 Å². The molecule has 2 saturated heterocycles. The van der Waals surface area contributed by atoms with Crippen molar-refractivity contribution in [1.82, 2.24) is 14.4 Å². The Morgan fingerprint density at radius 2 is 1.69 bits per heavy atom. The molecule has 2 atom stereocenters. The van der Waals surface area contributed by atoms with E-state index in [9.17, 15) is 27.6 Å². The molecule has 1 aromatic carbocycles. The minimum absolute atomic E-state index is 0.0190. The lowest BCUT2D eigenvalue weighted by Crippen LogP contribution is -2.50. The quantitative estimate of drug-likeness (QED) is 0.589. The first-order valence-corrected chi connectivity index (χ1v) is 12.3. The Labute approximate surface area is 207 Å². The van der Waals surface area contributed by atoms with Gasteiger partial charge in [-0.15, -0.1) is 0 Å². The number of carbonyl (C=O) groups excluding carboxylic acids is 2. The van der Waals surface area contributed by atoms with Crippen molar-refractivity contribution in [2.24, 2.45) is 5.92 Å². The van der Waals surface area contributed by atoms with Crippen LogP contribution >= 0.6 is 0 Å². The molecular formula is C26H29F3N4O3. The van der Waals surface area contributed by atoms with Crippen molar-refractivity contribution in [3.8, 4) is 0 Å². The summed E-state index contributed by atoms with van der Waals surface area (Å²) in [7, 11) is 0. The first-order valence-electron chi connectivity index (χ1n) is 12.3. The van der Waals surface area contributed by atoms with E-state index in [0.29, 0.717) is 50.9 Å². The molecule has 0 saturated carbocycles. The number of hydrogen-bond donors (Lipinski definition) is 0. The van der Waals surface area contributed by atoms with E-state index in [0.717, 1.165) is 30.8 Å². The highest BCUT2D eigenvalue weighted by molar-refractivity contribution is 5.99. The van der Waals surface area contributed by atoms with Crippen molar-refractivity contribution < 1.29 is 22.8 Å². The van der Waals surface area contributed by atoms with Gasteiger partial charge in [-0.25, -0.2) is 0 Å². The van der Waals surface area contributed by atoms with Gasteiger partial charge in [0.05, 0.1) is 18.5 Å². The number of likely N-dealkylation sites (tertiary alicyclic amines) is 1. The molecule has 1 aromatic heterocycles. The first-order chi connectivity index (χ1) is 17.2. The Kier molecular flexibility index (Phi) is 6.63. The van der Waals surface area contributed by atoms with Gasteiger partial charge in [0, 0.05) is 69.2 Å². The lowest BCUT2D eigenvalue weighted by Gasteiger charge is -2.42. The lowest BCUT2D eigenvalue weighted by atomic mass is 9.83. The van der Waals surface area contributed by atoms with Crippen molar-refractivity contribution in [3.05, 3.63) is 64.1 Å². The molecule has 7 nitrogen and oxygen atoms in total. The Balaban J connectivity index is 1.12. The van der Waals surface area contributed by atoms with E-state index >= 15 is 0 Å². The molecule has 0 spiro atoms. The Morgan fingerprint density at radius 1 is 0.944 bits per heavy atom. The van der Waals surface area contributed by atoms with Crippen LogP contribution in [0.3, 0.4) is 0 Å². The van der Waals surface area contributed by atoms with E-state index in [1.807, 2.05) is 15.5 Å². The molecule has 2 unspecified atom stereocenters. The first kappa shape index (κ1) is 24.5. The van der Waals surface area contributed by atoms with Gasteiger partial charge in [0.2, 0.25) is 5.91 Å². The normalized spacial score (nSPS) is 22.3. The number of halogens is 3. The molecule has 5 rings (SSSR count). The number of pyridine rings is 1. The zero-order valence-corrected chi connectivity index (χ0v) is 19.9. The Bertz CT molecular complexity index is 1200. The van der Waals surface area contributed by atoms with Gasteiger partial charge in [-0.1, -0.05) is 12.1 Å². The number of amides is 1. The summed E-state index contributed by atoms with van der Waals surface area (Å²) < 4.78 is 40.9. The van der Waals surface area contributed by atoms with Crippen molar-refractivity contribution in [2.75, 3.05) is 50.7 Å². The summed E-state index contributed by atoms with van der Waals surface area (Å²) in [6.45, 7) is 3.84. The predicted octanol–water partition coefficient (Wildman–Crippen LogP) is 2.59. The average molecular weight is 503 g/mol. The third-order valence-electron chi connectivity index (χ3n) is 7.47. The van der Waals surface area contributed by atoms with Crippen LogP contribution in [-0.2, 0) is 22.3 Å². The number of piperidine rings is 1. The van der Waals surface area contributed by atoms with Crippen LogP contribution in [0.1, 0.15) is 30.0 Å². The topological polar surface area (TPSA) is 65.9 Å². The number of piperazine rings is 1. The number of fused-ring (bicyclic) bond motifs is 4. The summed E-state index contributed by atoms with van der Waals surface area (Å²) in [5.74, 6) is 0.145. The molecule has 3 aliphatic heterocycles. The van der Waals surface area contributed by atoms with E-state index in [2.05, 4.69) is 4.90 Å². The predicted molar refractivity (Wildman–Crippen MR) is 128 cm³/mol. The van der Waals surface area contributed by atoms with E-state index in [-0.39, 0.29) is 36.1 Å². The fourth-order valence-corrected chi connectivity index (χ4v) is 5.80. The summed E-state index contributed by atoms with van der Waals surface area (Å²) in [5.41, 5.74) is 0.824. The molecular weight excluding hydrogens is 473 g/mol. The fraction of sp³-hybridized carbons (Fsp3) is 0.500. The molecule has 10 heteroatoms. The summed E-state index contributed by atoms with van der Waals surface area (Å²) in [6.07, 6.45) is -3.57. The van der Waals surface area contributed by atoms with Gasteiger partial charge in [-0.3, -0.25) is 19.3 Å². The van der Waals surface area contributed by atoms with Crippen LogP contribution in [-0.4, -0.2) is 71.9 Å². The minimum atomic E-state index is -4.40. The highest BCUT2D eigenvalue weighted by Crippen LogP contribution is 2.35. The van der Waals surface area contributed by atoms with Crippen LogP contribution < -0.4 is 10.5 Å². The number of anilines is 1. The standard InChI is InChI=1S/C26H29F3N4O3/c27-26(28,29)20-3-1-4-21(12-20)31-7-9-32(10-8-31)25(36)13-22(34)17-30-14-18-11-19(16-30)23-5-2-6-24(35)33(23)15-18/h1-6,12,18-19H,7-11,13-17H2. The van der Waals surface area contributed by atoms with Crippen LogP contribution in [0.5, 0.6) is 0 Å². The van der Waals surface area contributed by atoms with Gasteiger partial charge in [0.1, 0.15) is 0 Å². The number of aromatic nitrogens is 1. The van der Waals surface area contributed by atoms with Crippen LogP contribution in [0, 0.1) is 5.92 Å². The number of Topliss-reactive ketones (excluding diaryl/α,β-unsaturated/α-hetero) is 1. The zero-order chi connectivity index (χ0) is 25.4. The number of hydrogen-bond acceptors (Lipinski definition) is 5. The number of ketones is 1. The van der Waals surface area contributed by atoms with E-state index in [4.69, 9.17) is 0 Å². The molecule has 36 heavy (non-hydrogen) atoms. The molecule has 0 radical (unpaired) electrons. The number of carbonyl (C=O) groups is 2. The highest BCUT2D eigenvalue weighted by Gasteiger charge is 2.35. The molecule has 2 bridgehead atoms. The lowest BCUT2D eigenvalue weighted by molar-refractivity contribution is -0.138. The number of alkyl halides is 3. The van der Waals surface area contributed by atoms with Gasteiger partial charge >= 0.3 is 6.18 Å². The molecule has 1 amide bonds. The molecule has 2 fully saturated rings. The summed E-state index contributed by atoms with van der Waals surface area (Å²) in [5, 5.41) is 0. The second-order valence-corrected chi connectivity index (χ2v) is 10.0. The van der Waals surface area contributed by atoms with Crippen LogP contribution in [0.2, 0.25) is 0 Å². The number of benzene rings is 1. The molecule has 192 valence electrons. The maximum atomic E-state index is 13.0. The molecule has 0 N–H and O–H groups in total. The van der Waals surface area contributed by atoms with Gasteiger partial charge in [-0.2, -0.15) is 13.2 Å². The SMILES string of the molecule is O=C(CC(=O)N1CCN(c2cccc(C(F)(F)F)c2)CC1)CN1CC2CC(C1)c1cccc(=O)n1C2. The zero-order valence-electron chi connectivity index (χ0n) is 19.9. The summed E-state index contributed by atoms with van der Waals surface area (Å²) >= 11 is 0. The van der Waals surface area contributed by atoms with Gasteiger partial charge in [0.15, 0.2) is 5.78 Å². The fourth-order valence-electron chi connectivity index (χ4n) is 5.80. The molecule has 0 aliphatic carbocycles. The van der Waals surface area contributed by atoms with Crippen molar-refractivity contribution in [3.63, 3.8) is 0 Å². The van der Waals surface area contributed by atoms with Crippen LogP contribution in [0.15, 0.2) is 47.3 Å². The molecule has 4 heterocycles. The second-order valence-electron chi connectivity index (χ2n) is 10.0. The maximum Gasteiger partial charge on any atom is 0.416 e. The largest absolute Gasteiger partial charge is 0.416 e. The van der Waals surface area contributed by atoms with Gasteiger partial charge in [0.25, 0.3) is 5.56 Å². The number of nitrogens with zero attached hydrogens (tertiary/aromatic N) is 4. The average Bonchev–Trinajstić information content (AvgIpc) is 2.84. The van der Waals surface area contributed by atoms with Crippen molar-refractivity contribution in [1.29, 1.82) is 0 Å². The summed E-state index contributed by atoms with van der Waals surface area (Å²) in [4.78, 5) is 43.2. The number of rotatable bonds is 5. The second kappa shape index (κ2) is 9.72. The van der Waals surface area contributed by atoms with Gasteiger partial charge in [-0.05, 0) is 36.6 Å². The van der Waals surface area contributed by atoms with E-state index in [1.54, 1.807) is 23.1 Å². The minimum Gasteiger partial charge on any atom is -0.368 e. The molecule has 3 aliphatic rings. The highest BCUT2D eigenvalue weighted by atomic mass is 19.4. The summed E-state index contributed by atoms with van der Waals surface area (Å²) in [6, 6.07) is 10.5. The monoisotopic (exact) mass is 502 g/mol. The Hall–Kier alpha value is -3.14. The van der Waals surface area contributed by atoms with Gasteiger partial charge < -0.3 is 14.4 Å². The van der Waals surface area contributed by atoms with Crippen molar-refractivity contribution in [2.45, 2.75) is 31.5 Å².